The van der Waals surface area contributed by atoms with Crippen molar-refractivity contribution < 1.29 is 15.0 Å². The molecule has 2 unspecified atom stereocenters. The van der Waals surface area contributed by atoms with Crippen LogP contribution in [0.3, 0.4) is 0 Å². The molecule has 2 aromatic heterocycles. The maximum absolute atomic E-state index is 12.0. The number of H-pyrrole nitrogens is 1. The highest BCUT2D eigenvalue weighted by Crippen LogP contribution is 2.41. The summed E-state index contributed by atoms with van der Waals surface area (Å²) in [7, 11) is 2.07. The summed E-state index contributed by atoms with van der Waals surface area (Å²) < 4.78 is 0. The van der Waals surface area contributed by atoms with Gasteiger partial charge in [0.2, 0.25) is 0 Å². The first kappa shape index (κ1) is 16.3. The molecule has 0 spiro atoms. The molecule has 134 valence electrons. The highest BCUT2D eigenvalue weighted by atomic mass is 16.3. The Kier molecular flexibility index (Phi) is 4.09. The van der Waals surface area contributed by atoms with Crippen LogP contribution in [0.15, 0.2) is 18.6 Å². The normalized spacial score (nSPS) is 26.8. The Labute approximate surface area is 145 Å². The number of anilines is 1. The minimum atomic E-state index is -1.29. The number of fused-ring (bicyclic) bond motifs is 2. The predicted molar refractivity (Wildman–Crippen MR) is 92.0 cm³/mol. The van der Waals surface area contributed by atoms with Gasteiger partial charge in [-0.2, -0.15) is 0 Å². The Hall–Kier alpha value is -2.19. The zero-order chi connectivity index (χ0) is 17.6. The van der Waals surface area contributed by atoms with Gasteiger partial charge in [0.1, 0.15) is 17.8 Å². The molecule has 3 N–H and O–H groups in total. The quantitative estimate of drug-likeness (QED) is 0.719. The van der Waals surface area contributed by atoms with Gasteiger partial charge < -0.3 is 25.0 Å². The van der Waals surface area contributed by atoms with Gasteiger partial charge in [-0.1, -0.05) is 0 Å². The number of hydrogen-bond donors (Lipinski definition) is 3. The van der Waals surface area contributed by atoms with Gasteiger partial charge in [-0.15, -0.1) is 0 Å². The van der Waals surface area contributed by atoms with E-state index < -0.39 is 12.7 Å². The van der Waals surface area contributed by atoms with Crippen LogP contribution in [0.2, 0.25) is 0 Å². The van der Waals surface area contributed by atoms with E-state index in [9.17, 15) is 9.90 Å². The average Bonchev–Trinajstić information content (AvgIpc) is 3.32. The summed E-state index contributed by atoms with van der Waals surface area (Å²) in [5.41, 5.74) is 0.838. The van der Waals surface area contributed by atoms with Crippen LogP contribution in [0.4, 0.5) is 5.82 Å². The van der Waals surface area contributed by atoms with E-state index in [1.54, 1.807) is 11.2 Å². The second-order valence-electron chi connectivity index (χ2n) is 7.14. The van der Waals surface area contributed by atoms with Gasteiger partial charge in [0.25, 0.3) is 5.91 Å². The molecular formula is C17H23N5O3. The van der Waals surface area contributed by atoms with Gasteiger partial charge in [-0.05, 0) is 30.7 Å². The number of likely N-dealkylation sites (tertiary alicyclic amines) is 1. The highest BCUT2D eigenvalue weighted by Gasteiger charge is 2.44. The molecule has 1 aliphatic carbocycles. The third kappa shape index (κ3) is 2.75. The van der Waals surface area contributed by atoms with E-state index >= 15 is 0 Å². The van der Waals surface area contributed by atoms with Gasteiger partial charge >= 0.3 is 0 Å². The van der Waals surface area contributed by atoms with Gasteiger partial charge in [-0.3, -0.25) is 4.79 Å². The van der Waals surface area contributed by atoms with Crippen LogP contribution < -0.4 is 4.90 Å². The maximum atomic E-state index is 12.0. The van der Waals surface area contributed by atoms with Crippen molar-refractivity contribution in [2.45, 2.75) is 25.0 Å². The number of nitrogens with zero attached hydrogens (tertiary/aromatic N) is 4. The molecule has 8 nitrogen and oxygen atoms in total. The Balaban J connectivity index is 1.45. The minimum absolute atomic E-state index is 0.355. The lowest BCUT2D eigenvalue weighted by molar-refractivity contribution is -0.141. The number of carbonyl (C=O) groups is 1. The Morgan fingerprint density at radius 1 is 1.40 bits per heavy atom. The van der Waals surface area contributed by atoms with E-state index in [2.05, 4.69) is 26.9 Å². The van der Waals surface area contributed by atoms with Crippen molar-refractivity contribution in [2.75, 3.05) is 31.6 Å². The second kappa shape index (κ2) is 6.27. The molecule has 0 bridgehead atoms. The molecule has 0 aromatic carbocycles. The van der Waals surface area contributed by atoms with Crippen molar-refractivity contribution in [2.24, 2.45) is 11.8 Å². The van der Waals surface area contributed by atoms with Crippen LogP contribution in [0.1, 0.15) is 12.8 Å². The Bertz CT molecular complexity index is 764. The van der Waals surface area contributed by atoms with E-state index in [4.69, 9.17) is 5.11 Å². The van der Waals surface area contributed by atoms with Crippen molar-refractivity contribution in [1.29, 1.82) is 0 Å². The number of aromatic amines is 1. The topological polar surface area (TPSA) is 106 Å². The lowest BCUT2D eigenvalue weighted by Crippen LogP contribution is -2.41. The van der Waals surface area contributed by atoms with Gasteiger partial charge in [0, 0.05) is 32.4 Å². The lowest BCUT2D eigenvalue weighted by Gasteiger charge is -2.28. The van der Waals surface area contributed by atoms with E-state index in [0.717, 1.165) is 29.7 Å². The summed E-state index contributed by atoms with van der Waals surface area (Å²) in [5, 5.41) is 19.5. The van der Waals surface area contributed by atoms with Crippen LogP contribution in [-0.2, 0) is 4.79 Å². The van der Waals surface area contributed by atoms with Crippen LogP contribution in [0.5, 0.6) is 0 Å². The fourth-order valence-corrected chi connectivity index (χ4v) is 4.37. The Morgan fingerprint density at radius 2 is 2.12 bits per heavy atom. The summed E-state index contributed by atoms with van der Waals surface area (Å²) in [4.78, 5) is 27.8. The molecule has 25 heavy (non-hydrogen) atoms. The van der Waals surface area contributed by atoms with E-state index in [-0.39, 0.29) is 5.91 Å². The lowest BCUT2D eigenvalue weighted by atomic mass is 10.0. The van der Waals surface area contributed by atoms with Crippen LogP contribution in [-0.4, -0.2) is 74.9 Å². The molecule has 1 amide bonds. The van der Waals surface area contributed by atoms with Crippen molar-refractivity contribution in [3.63, 3.8) is 0 Å². The molecule has 4 atom stereocenters. The molecule has 2 aliphatic rings. The van der Waals surface area contributed by atoms with Gasteiger partial charge in [0.05, 0.1) is 12.0 Å². The number of aliphatic hydroxyl groups excluding tert-OH is 2. The molecule has 8 heteroatoms. The number of hydrogen-bond acceptors (Lipinski definition) is 6. The van der Waals surface area contributed by atoms with Gasteiger partial charge in [-0.25, -0.2) is 9.97 Å². The molecular weight excluding hydrogens is 322 g/mol. The monoisotopic (exact) mass is 345 g/mol. The van der Waals surface area contributed by atoms with E-state index in [1.807, 2.05) is 12.3 Å². The number of amides is 1. The summed E-state index contributed by atoms with van der Waals surface area (Å²) in [6.45, 7) is 0.804. The first-order chi connectivity index (χ1) is 12.1. The predicted octanol–water partition coefficient (Wildman–Crippen LogP) is -0.0157. The van der Waals surface area contributed by atoms with E-state index in [1.165, 1.54) is 0 Å². The van der Waals surface area contributed by atoms with E-state index in [0.29, 0.717) is 31.0 Å². The van der Waals surface area contributed by atoms with Crippen molar-refractivity contribution in [1.82, 2.24) is 19.9 Å². The van der Waals surface area contributed by atoms with Gasteiger partial charge in [0.15, 0.2) is 6.10 Å². The summed E-state index contributed by atoms with van der Waals surface area (Å²) in [6, 6.07) is 2.37. The summed E-state index contributed by atoms with van der Waals surface area (Å²) in [5.74, 6) is 1.45. The first-order valence-electron chi connectivity index (χ1n) is 8.67. The van der Waals surface area contributed by atoms with Crippen molar-refractivity contribution >= 4 is 22.8 Å². The highest BCUT2D eigenvalue weighted by molar-refractivity contribution is 5.87. The zero-order valence-electron chi connectivity index (χ0n) is 14.2. The molecule has 1 aliphatic heterocycles. The number of rotatable bonds is 4. The average molecular weight is 345 g/mol. The Morgan fingerprint density at radius 3 is 2.80 bits per heavy atom. The third-order valence-electron chi connectivity index (χ3n) is 5.71. The summed E-state index contributed by atoms with van der Waals surface area (Å²) in [6.07, 6.45) is 4.15. The standard InChI is InChI=1S/C17H23N5O3/c1-21(16-13-2-3-18-15(13)19-9-20-16)12-4-10-6-22(7-11(10)5-12)17(25)14(24)8-23/h2-3,9-12,14,23-24H,4-8H2,1H3,(H,18,19,20)/t10-,11?,12?,14-/m1/s1. The maximum Gasteiger partial charge on any atom is 0.253 e. The van der Waals surface area contributed by atoms with Crippen molar-refractivity contribution in [3.8, 4) is 0 Å². The fourth-order valence-electron chi connectivity index (χ4n) is 4.37. The van der Waals surface area contributed by atoms with Crippen LogP contribution >= 0.6 is 0 Å². The fraction of sp³-hybridized carbons (Fsp3) is 0.588. The number of carbonyl (C=O) groups excluding carboxylic acids is 1. The SMILES string of the molecule is CN(c1ncnc2[nH]ccc12)C1CC2CN(C(=O)[C@H](O)CO)C[C@H]2C1. The minimum Gasteiger partial charge on any atom is -0.393 e. The first-order valence-corrected chi connectivity index (χ1v) is 8.67. The van der Waals surface area contributed by atoms with Crippen molar-refractivity contribution in [3.05, 3.63) is 18.6 Å². The molecule has 3 heterocycles. The molecule has 1 saturated heterocycles. The van der Waals surface area contributed by atoms with Crippen LogP contribution in [0.25, 0.3) is 11.0 Å². The number of aliphatic hydroxyl groups is 2. The molecule has 0 radical (unpaired) electrons. The molecule has 2 fully saturated rings. The number of aromatic nitrogens is 3. The smallest absolute Gasteiger partial charge is 0.253 e. The molecule has 4 rings (SSSR count). The number of nitrogens with one attached hydrogen (secondary N) is 1. The largest absolute Gasteiger partial charge is 0.393 e. The zero-order valence-corrected chi connectivity index (χ0v) is 14.2. The second-order valence-corrected chi connectivity index (χ2v) is 7.14. The summed E-state index contributed by atoms with van der Waals surface area (Å²) >= 11 is 0. The molecule has 2 aromatic rings. The van der Waals surface area contributed by atoms with Crippen LogP contribution in [0, 0.1) is 11.8 Å². The molecule has 1 saturated carbocycles. The third-order valence-corrected chi connectivity index (χ3v) is 5.71.